The third-order valence-corrected chi connectivity index (χ3v) is 10.2. The molecule has 4 aliphatic carbocycles. The maximum Gasteiger partial charge on any atom is 0.408 e. The van der Waals surface area contributed by atoms with Crippen LogP contribution in [0.4, 0.5) is 4.79 Å². The standard InChI is InChI=1S/C29H41N3O8/c1-5-6-24-39-22-12-19-18-8-7-16-11-17(33)9-10-27(16,2)25(18)20(34)13-28(19,3)29(22,40-24)21(35)15-38-26(37)31-14-23(36)32-30-4/h9-11,18-20,22,24-25,30,34H,5-8,12-15H2,1-4H3,(H,31,37)(H,32,36)/t18-,19-,20-,22+,24?,25+,27-,28-,29+/m0/s1. The number of allylic oxidation sites excluding steroid dienone is 4. The number of rotatable bonds is 8. The molecular weight excluding hydrogens is 518 g/mol. The van der Waals surface area contributed by atoms with E-state index in [9.17, 15) is 24.3 Å². The summed E-state index contributed by atoms with van der Waals surface area (Å²) in [4.78, 5) is 50.1. The maximum absolute atomic E-state index is 14.1. The van der Waals surface area contributed by atoms with Gasteiger partial charge in [-0.1, -0.05) is 38.8 Å². The second kappa shape index (κ2) is 10.7. The van der Waals surface area contributed by atoms with Gasteiger partial charge in [0.15, 0.2) is 24.3 Å². The fourth-order valence-corrected chi connectivity index (χ4v) is 8.63. The van der Waals surface area contributed by atoms with Crippen molar-refractivity contribution in [2.75, 3.05) is 20.2 Å². The van der Waals surface area contributed by atoms with Crippen LogP contribution in [0.15, 0.2) is 23.8 Å². The topological polar surface area (TPSA) is 152 Å². The summed E-state index contributed by atoms with van der Waals surface area (Å²) in [7, 11) is 1.52. The number of ether oxygens (including phenoxy) is 3. The second-order valence-electron chi connectivity index (χ2n) is 12.3. The zero-order valence-corrected chi connectivity index (χ0v) is 23.7. The summed E-state index contributed by atoms with van der Waals surface area (Å²) in [6.45, 7) is 5.28. The van der Waals surface area contributed by atoms with Gasteiger partial charge in [0.25, 0.3) is 5.91 Å². The number of aliphatic hydroxyl groups is 1. The monoisotopic (exact) mass is 559 g/mol. The Bertz CT molecular complexity index is 1140. The number of alkyl carbamates (subject to hydrolysis) is 1. The minimum Gasteiger partial charge on any atom is -0.441 e. The van der Waals surface area contributed by atoms with E-state index >= 15 is 0 Å². The quantitative estimate of drug-likeness (QED) is 0.326. The van der Waals surface area contributed by atoms with Crippen LogP contribution in [0.25, 0.3) is 0 Å². The largest absolute Gasteiger partial charge is 0.441 e. The molecule has 0 aromatic heterocycles. The molecule has 220 valence electrons. The molecular formula is C29H41N3O8. The van der Waals surface area contributed by atoms with E-state index in [2.05, 4.69) is 23.1 Å². The summed E-state index contributed by atoms with van der Waals surface area (Å²) in [6, 6.07) is 0. The molecule has 5 aliphatic rings. The molecule has 1 unspecified atom stereocenters. The van der Waals surface area contributed by atoms with Crippen molar-refractivity contribution in [2.45, 2.75) is 83.4 Å². The molecule has 9 atom stereocenters. The fraction of sp³-hybridized carbons (Fsp3) is 0.724. The molecule has 0 radical (unpaired) electrons. The van der Waals surface area contributed by atoms with Gasteiger partial charge in [-0.05, 0) is 56.1 Å². The van der Waals surface area contributed by atoms with Crippen LogP contribution in [0.3, 0.4) is 0 Å². The molecule has 11 nitrogen and oxygen atoms in total. The van der Waals surface area contributed by atoms with Crippen LogP contribution < -0.4 is 16.2 Å². The van der Waals surface area contributed by atoms with Crippen molar-refractivity contribution in [3.05, 3.63) is 23.8 Å². The van der Waals surface area contributed by atoms with E-state index in [0.29, 0.717) is 19.3 Å². The van der Waals surface area contributed by atoms with E-state index in [-0.39, 0.29) is 30.1 Å². The molecule has 5 rings (SSSR count). The number of hydrazine groups is 1. The minimum absolute atomic E-state index is 0.0172. The Morgan fingerprint density at radius 3 is 2.75 bits per heavy atom. The van der Waals surface area contributed by atoms with E-state index in [0.717, 1.165) is 24.8 Å². The van der Waals surface area contributed by atoms with Crippen molar-refractivity contribution in [1.29, 1.82) is 0 Å². The summed E-state index contributed by atoms with van der Waals surface area (Å²) < 4.78 is 18.2. The molecule has 2 amide bonds. The van der Waals surface area contributed by atoms with E-state index < -0.39 is 59.3 Å². The van der Waals surface area contributed by atoms with Crippen molar-refractivity contribution in [3.63, 3.8) is 0 Å². The number of carbonyl (C=O) groups is 4. The lowest BCUT2D eigenvalue weighted by atomic mass is 9.46. The normalized spacial score (nSPS) is 41.2. The molecule has 4 N–H and O–H groups in total. The number of Topliss-reactive ketones (excluding diaryl/α,β-unsaturated/α-hetero) is 1. The predicted octanol–water partition coefficient (Wildman–Crippen LogP) is 1.70. The predicted molar refractivity (Wildman–Crippen MR) is 142 cm³/mol. The van der Waals surface area contributed by atoms with Gasteiger partial charge in [0.1, 0.15) is 6.54 Å². The Morgan fingerprint density at radius 2 is 2.02 bits per heavy atom. The summed E-state index contributed by atoms with van der Waals surface area (Å²) in [5.41, 5.74) is 3.31. The van der Waals surface area contributed by atoms with Gasteiger partial charge in [-0.3, -0.25) is 19.8 Å². The molecule has 0 bridgehead atoms. The third-order valence-electron chi connectivity index (χ3n) is 10.2. The number of fused-ring (bicyclic) bond motifs is 7. The Balaban J connectivity index is 1.40. The van der Waals surface area contributed by atoms with Crippen molar-refractivity contribution < 1.29 is 38.5 Å². The molecule has 11 heteroatoms. The summed E-state index contributed by atoms with van der Waals surface area (Å²) in [5.74, 6) is -0.855. The molecule has 0 aromatic carbocycles. The van der Waals surface area contributed by atoms with Crippen LogP contribution in [-0.4, -0.2) is 73.0 Å². The molecule has 0 aromatic rings. The Morgan fingerprint density at radius 1 is 1.25 bits per heavy atom. The van der Waals surface area contributed by atoms with Crippen LogP contribution in [0, 0.1) is 28.6 Å². The molecule has 1 aliphatic heterocycles. The number of nitrogens with one attached hydrogen (secondary N) is 3. The SMILES string of the molecule is CCCC1O[C@@H]2C[C@H]3[C@@H]4CCC5=CC(=O)C=C[C@]5(C)[C@H]4[C@@H](O)C[C@]3(C)[C@]2(C(=O)COC(=O)NCC(=O)NNC)O1. The minimum atomic E-state index is -1.37. The molecule has 1 heterocycles. The smallest absolute Gasteiger partial charge is 0.408 e. The molecule has 3 saturated carbocycles. The molecule has 40 heavy (non-hydrogen) atoms. The Kier molecular flexibility index (Phi) is 7.71. The maximum atomic E-state index is 14.1. The van der Waals surface area contributed by atoms with Crippen LogP contribution >= 0.6 is 0 Å². The van der Waals surface area contributed by atoms with Gasteiger partial charge >= 0.3 is 6.09 Å². The Labute approximate surface area is 234 Å². The third kappa shape index (κ3) is 4.42. The number of hydrogen-bond acceptors (Lipinski definition) is 9. The zero-order valence-electron chi connectivity index (χ0n) is 23.7. The number of ketones is 2. The number of amides is 2. The van der Waals surface area contributed by atoms with Crippen molar-refractivity contribution >= 4 is 23.6 Å². The highest BCUT2D eigenvalue weighted by Crippen LogP contribution is 2.69. The summed E-state index contributed by atoms with van der Waals surface area (Å²) >= 11 is 0. The van der Waals surface area contributed by atoms with Crippen LogP contribution in [-0.2, 0) is 28.6 Å². The van der Waals surface area contributed by atoms with Crippen molar-refractivity contribution in [1.82, 2.24) is 16.2 Å². The van der Waals surface area contributed by atoms with Crippen molar-refractivity contribution in [2.24, 2.45) is 28.6 Å². The first-order valence-corrected chi connectivity index (χ1v) is 14.3. The first kappa shape index (κ1) is 28.9. The van der Waals surface area contributed by atoms with Gasteiger partial charge in [0, 0.05) is 23.8 Å². The van der Waals surface area contributed by atoms with E-state index in [1.54, 1.807) is 12.2 Å². The number of carbonyl (C=O) groups excluding carboxylic acids is 4. The van der Waals surface area contributed by atoms with E-state index in [1.807, 2.05) is 19.9 Å². The molecule has 0 spiro atoms. The van der Waals surface area contributed by atoms with E-state index in [4.69, 9.17) is 14.2 Å². The van der Waals surface area contributed by atoms with E-state index in [1.165, 1.54) is 7.05 Å². The first-order chi connectivity index (χ1) is 19.0. The lowest BCUT2D eigenvalue weighted by Gasteiger charge is -2.59. The van der Waals surface area contributed by atoms with Gasteiger partial charge in [-0.2, -0.15) is 0 Å². The van der Waals surface area contributed by atoms with Crippen LogP contribution in [0.5, 0.6) is 0 Å². The molecule has 4 fully saturated rings. The highest BCUT2D eigenvalue weighted by atomic mass is 16.7. The average molecular weight is 560 g/mol. The number of aliphatic hydroxyl groups excluding tert-OH is 1. The lowest BCUT2D eigenvalue weighted by Crippen LogP contribution is -2.63. The van der Waals surface area contributed by atoms with Gasteiger partial charge < -0.3 is 24.6 Å². The molecule has 1 saturated heterocycles. The van der Waals surface area contributed by atoms with Gasteiger partial charge in [-0.15, -0.1) is 0 Å². The summed E-state index contributed by atoms with van der Waals surface area (Å²) in [6.07, 6.45) is 6.47. The average Bonchev–Trinajstić information content (AvgIpc) is 3.38. The van der Waals surface area contributed by atoms with Crippen LogP contribution in [0.2, 0.25) is 0 Å². The van der Waals surface area contributed by atoms with Gasteiger partial charge in [0.05, 0.1) is 12.2 Å². The highest BCUT2D eigenvalue weighted by molar-refractivity contribution is 6.01. The zero-order chi connectivity index (χ0) is 28.9. The van der Waals surface area contributed by atoms with Crippen molar-refractivity contribution in [3.8, 4) is 0 Å². The Hall–Kier alpha value is -2.60. The van der Waals surface area contributed by atoms with Gasteiger partial charge in [0.2, 0.25) is 5.78 Å². The lowest BCUT2D eigenvalue weighted by molar-refractivity contribution is -0.200. The number of hydrogen-bond donors (Lipinski definition) is 4. The summed E-state index contributed by atoms with van der Waals surface area (Å²) in [5, 5.41) is 14.1. The second-order valence-corrected chi connectivity index (χ2v) is 12.3. The highest BCUT2D eigenvalue weighted by Gasteiger charge is 2.75. The van der Waals surface area contributed by atoms with Crippen LogP contribution in [0.1, 0.15) is 59.3 Å². The van der Waals surface area contributed by atoms with Gasteiger partial charge in [-0.25, -0.2) is 10.2 Å². The first-order valence-electron chi connectivity index (χ1n) is 14.3. The fourth-order valence-electron chi connectivity index (χ4n) is 8.63.